The fraction of sp³-hybridized carbons (Fsp3) is 0.458. The molecule has 1 aromatic carbocycles. The molecule has 0 bridgehead atoms. The van der Waals surface area contributed by atoms with Crippen molar-refractivity contribution in [2.75, 3.05) is 5.32 Å². The van der Waals surface area contributed by atoms with Gasteiger partial charge in [-0.2, -0.15) is 0 Å². The van der Waals surface area contributed by atoms with E-state index in [0.29, 0.717) is 29.0 Å². The van der Waals surface area contributed by atoms with E-state index >= 15 is 0 Å². The zero-order valence-electron chi connectivity index (χ0n) is 18.4. The van der Waals surface area contributed by atoms with E-state index in [1.54, 1.807) is 13.8 Å². The van der Waals surface area contributed by atoms with Gasteiger partial charge in [-0.3, -0.25) is 9.59 Å². The number of anilines is 1. The van der Waals surface area contributed by atoms with E-state index in [2.05, 4.69) is 5.32 Å². The molecule has 0 aliphatic heterocycles. The Bertz CT molecular complexity index is 994. The maximum atomic E-state index is 13.0. The fourth-order valence-electron chi connectivity index (χ4n) is 4.09. The third kappa shape index (κ3) is 5.15. The van der Waals surface area contributed by atoms with Gasteiger partial charge >= 0.3 is 11.9 Å². The van der Waals surface area contributed by atoms with Crippen LogP contribution in [0.4, 0.5) is 5.00 Å². The molecular weight excluding hydrogens is 414 g/mol. The van der Waals surface area contributed by atoms with Crippen LogP contribution in [0.3, 0.4) is 0 Å². The predicted octanol–water partition coefficient (Wildman–Crippen LogP) is 5.43. The second-order valence-corrected chi connectivity index (χ2v) is 9.33. The number of hydrogen-bond acceptors (Lipinski definition) is 5. The quantitative estimate of drug-likeness (QED) is 0.581. The first-order valence-electron chi connectivity index (χ1n) is 10.6. The van der Waals surface area contributed by atoms with Crippen LogP contribution in [0.2, 0.25) is 0 Å². The monoisotopic (exact) mass is 443 g/mol. The Hall–Kier alpha value is -2.67. The molecule has 1 heterocycles. The van der Waals surface area contributed by atoms with Crippen molar-refractivity contribution >= 4 is 34.2 Å². The molecule has 3 rings (SSSR count). The number of ether oxygens (including phenoxy) is 1. The molecule has 6 nitrogen and oxygen atoms in total. The molecule has 31 heavy (non-hydrogen) atoms. The van der Waals surface area contributed by atoms with E-state index in [-0.39, 0.29) is 12.0 Å². The van der Waals surface area contributed by atoms with Crippen LogP contribution in [0.25, 0.3) is 11.1 Å². The average molecular weight is 444 g/mol. The summed E-state index contributed by atoms with van der Waals surface area (Å²) < 4.78 is 5.48. The fourth-order valence-corrected chi connectivity index (χ4v) is 5.05. The van der Waals surface area contributed by atoms with Crippen LogP contribution >= 0.6 is 11.3 Å². The van der Waals surface area contributed by atoms with Crippen LogP contribution in [-0.2, 0) is 14.3 Å². The third-order valence-electron chi connectivity index (χ3n) is 5.68. The highest BCUT2D eigenvalue weighted by Gasteiger charge is 2.36. The highest BCUT2D eigenvalue weighted by atomic mass is 32.1. The molecule has 1 fully saturated rings. The number of aryl methyl sites for hydroxylation is 2. The van der Waals surface area contributed by atoms with Gasteiger partial charge in [0.05, 0.1) is 17.9 Å². The van der Waals surface area contributed by atoms with E-state index in [0.717, 1.165) is 29.5 Å². The molecule has 2 N–H and O–H groups in total. The standard InChI is InChI=1S/C24H29NO5S/c1-13(2)30-24(29)20-19(18-11-14(3)9-10-15(18)4)12-31-22(20)25-21(26)16-7-5-6-8-17(16)23(27)28/h9-13,16-17H,5-8H2,1-4H3,(H,25,26)(H,27,28)/t16-,17-/m0/s1. The largest absolute Gasteiger partial charge is 0.481 e. The Morgan fingerprint density at radius 1 is 1.10 bits per heavy atom. The smallest absolute Gasteiger partial charge is 0.342 e. The lowest BCUT2D eigenvalue weighted by molar-refractivity contribution is -0.147. The Kier molecular flexibility index (Phi) is 7.15. The van der Waals surface area contributed by atoms with Gasteiger partial charge in [0.25, 0.3) is 0 Å². The van der Waals surface area contributed by atoms with Gasteiger partial charge in [0, 0.05) is 10.9 Å². The summed E-state index contributed by atoms with van der Waals surface area (Å²) in [6.07, 6.45) is 2.35. The number of carboxylic acid groups (broad SMARTS) is 1. The second-order valence-electron chi connectivity index (χ2n) is 8.45. The molecule has 0 spiro atoms. The minimum atomic E-state index is -0.943. The Labute approximate surface area is 186 Å². The lowest BCUT2D eigenvalue weighted by atomic mass is 9.78. The van der Waals surface area contributed by atoms with Gasteiger partial charge in [-0.05, 0) is 51.7 Å². The van der Waals surface area contributed by atoms with Gasteiger partial charge in [-0.25, -0.2) is 4.79 Å². The lowest BCUT2D eigenvalue weighted by Gasteiger charge is -2.27. The first kappa shape index (κ1) is 23.0. The summed E-state index contributed by atoms with van der Waals surface area (Å²) in [5.41, 5.74) is 4.02. The molecule has 7 heteroatoms. The van der Waals surface area contributed by atoms with Crippen molar-refractivity contribution in [3.05, 3.63) is 40.3 Å². The van der Waals surface area contributed by atoms with Crippen LogP contribution in [-0.4, -0.2) is 29.1 Å². The van der Waals surface area contributed by atoms with Gasteiger partial charge in [-0.15, -0.1) is 11.3 Å². The summed E-state index contributed by atoms with van der Waals surface area (Å²) in [6, 6.07) is 6.02. The first-order valence-corrected chi connectivity index (χ1v) is 11.5. The maximum absolute atomic E-state index is 13.0. The zero-order chi connectivity index (χ0) is 22.7. The predicted molar refractivity (Wildman–Crippen MR) is 121 cm³/mol. The highest BCUT2D eigenvalue weighted by Crippen LogP contribution is 2.39. The molecule has 2 aromatic rings. The molecule has 1 amide bonds. The molecule has 1 aliphatic carbocycles. The molecule has 0 saturated heterocycles. The van der Waals surface area contributed by atoms with E-state index in [1.807, 2.05) is 37.4 Å². The van der Waals surface area contributed by atoms with Crippen molar-refractivity contribution < 1.29 is 24.2 Å². The minimum absolute atomic E-state index is 0.308. The van der Waals surface area contributed by atoms with Gasteiger partial charge < -0.3 is 15.2 Å². The Morgan fingerprint density at radius 3 is 2.42 bits per heavy atom. The minimum Gasteiger partial charge on any atom is -0.481 e. The van der Waals surface area contributed by atoms with Gasteiger partial charge in [0.15, 0.2) is 0 Å². The van der Waals surface area contributed by atoms with Gasteiger partial charge in [-0.1, -0.05) is 36.6 Å². The Balaban J connectivity index is 1.99. The summed E-state index contributed by atoms with van der Waals surface area (Å²) in [5, 5.41) is 14.6. The van der Waals surface area contributed by atoms with Crippen LogP contribution < -0.4 is 5.32 Å². The van der Waals surface area contributed by atoms with Crippen molar-refractivity contribution in [3.8, 4) is 11.1 Å². The maximum Gasteiger partial charge on any atom is 0.342 e. The topological polar surface area (TPSA) is 92.7 Å². The van der Waals surface area contributed by atoms with Crippen molar-refractivity contribution in [2.24, 2.45) is 11.8 Å². The molecule has 1 aliphatic rings. The number of aliphatic carboxylic acids is 1. The second kappa shape index (κ2) is 9.64. The number of hydrogen-bond donors (Lipinski definition) is 2. The molecular formula is C24H29NO5S. The lowest BCUT2D eigenvalue weighted by Crippen LogP contribution is -2.36. The number of esters is 1. The summed E-state index contributed by atoms with van der Waals surface area (Å²) in [6.45, 7) is 7.51. The molecule has 0 radical (unpaired) electrons. The van der Waals surface area contributed by atoms with Crippen LogP contribution in [0.1, 0.15) is 61.0 Å². The number of carboxylic acids is 1. The number of nitrogens with one attached hydrogen (secondary N) is 1. The summed E-state index contributed by atoms with van der Waals surface area (Å²) in [4.78, 5) is 37.6. The number of thiophene rings is 1. The van der Waals surface area contributed by atoms with E-state index in [9.17, 15) is 19.5 Å². The zero-order valence-corrected chi connectivity index (χ0v) is 19.2. The SMILES string of the molecule is Cc1ccc(C)c(-c2csc(NC(=O)[C@H]3CCCC[C@@H]3C(=O)O)c2C(=O)OC(C)C)c1. The Morgan fingerprint density at radius 2 is 1.77 bits per heavy atom. The number of carbonyl (C=O) groups excluding carboxylic acids is 2. The van der Waals surface area contributed by atoms with Crippen molar-refractivity contribution in [3.63, 3.8) is 0 Å². The third-order valence-corrected chi connectivity index (χ3v) is 6.57. The highest BCUT2D eigenvalue weighted by molar-refractivity contribution is 7.15. The van der Waals surface area contributed by atoms with Crippen molar-refractivity contribution in [1.82, 2.24) is 0 Å². The van der Waals surface area contributed by atoms with Gasteiger partial charge in [0.2, 0.25) is 5.91 Å². The van der Waals surface area contributed by atoms with E-state index in [1.165, 1.54) is 11.3 Å². The summed E-state index contributed by atoms with van der Waals surface area (Å²) in [7, 11) is 0. The van der Waals surface area contributed by atoms with Crippen molar-refractivity contribution in [2.45, 2.75) is 59.5 Å². The summed E-state index contributed by atoms with van der Waals surface area (Å²) in [5.74, 6) is -3.09. The van der Waals surface area contributed by atoms with Crippen LogP contribution in [0.15, 0.2) is 23.6 Å². The average Bonchev–Trinajstić information content (AvgIpc) is 3.12. The summed E-state index contributed by atoms with van der Waals surface area (Å²) >= 11 is 1.26. The first-order chi connectivity index (χ1) is 14.7. The number of amides is 1. The molecule has 1 saturated carbocycles. The normalized spacial score (nSPS) is 18.6. The van der Waals surface area contributed by atoms with E-state index < -0.39 is 23.8 Å². The van der Waals surface area contributed by atoms with Crippen molar-refractivity contribution in [1.29, 1.82) is 0 Å². The molecule has 2 atom stereocenters. The number of benzene rings is 1. The van der Waals surface area contributed by atoms with Crippen LogP contribution in [0, 0.1) is 25.7 Å². The van der Waals surface area contributed by atoms with E-state index in [4.69, 9.17) is 4.74 Å². The van der Waals surface area contributed by atoms with Gasteiger partial charge in [0.1, 0.15) is 10.6 Å². The number of rotatable bonds is 6. The van der Waals surface area contributed by atoms with Crippen LogP contribution in [0.5, 0.6) is 0 Å². The molecule has 166 valence electrons. The molecule has 0 unspecified atom stereocenters. The number of carbonyl (C=O) groups is 3. The molecule has 1 aromatic heterocycles.